The molecular weight excluding hydrogens is 184 g/mol. The van der Waals surface area contributed by atoms with Crippen molar-refractivity contribution in [3.8, 4) is 11.8 Å². The van der Waals surface area contributed by atoms with Crippen molar-refractivity contribution in [2.45, 2.75) is 32.2 Å². The second-order valence-corrected chi connectivity index (χ2v) is 3.77. The third kappa shape index (κ3) is 2.37. The Kier molecular flexibility index (Phi) is 3.37. The Morgan fingerprint density at radius 1 is 1.60 bits per heavy atom. The van der Waals surface area contributed by atoms with Gasteiger partial charge in [-0.3, -0.25) is 4.98 Å². The zero-order valence-electron chi connectivity index (χ0n) is 9.09. The van der Waals surface area contributed by atoms with Crippen LogP contribution < -0.4 is 5.32 Å². The Morgan fingerprint density at radius 3 is 3.40 bits per heavy atom. The molecule has 1 aromatic rings. The highest BCUT2D eigenvalue weighted by atomic mass is 14.9. The molecule has 1 aliphatic rings. The fraction of sp³-hybridized carbons (Fsp3) is 0.462. The Hall–Kier alpha value is -1.33. The van der Waals surface area contributed by atoms with Gasteiger partial charge < -0.3 is 5.32 Å². The maximum Gasteiger partial charge on any atom is 0.0605 e. The van der Waals surface area contributed by atoms with Gasteiger partial charge in [-0.2, -0.15) is 0 Å². The summed E-state index contributed by atoms with van der Waals surface area (Å²) in [6.07, 6.45) is 5.13. The second-order valence-electron chi connectivity index (χ2n) is 3.77. The molecule has 1 aliphatic carbocycles. The molecule has 2 rings (SSSR count). The number of aromatic nitrogens is 1. The average Bonchev–Trinajstić information content (AvgIpc) is 2.68. The van der Waals surface area contributed by atoms with Crippen LogP contribution in [-0.2, 0) is 6.42 Å². The first-order valence-electron chi connectivity index (χ1n) is 5.48. The first kappa shape index (κ1) is 10.2. The molecule has 1 heterocycles. The van der Waals surface area contributed by atoms with Gasteiger partial charge in [0.25, 0.3) is 0 Å². The van der Waals surface area contributed by atoms with Gasteiger partial charge in [0.05, 0.1) is 11.7 Å². The van der Waals surface area contributed by atoms with Gasteiger partial charge in [0, 0.05) is 19.2 Å². The summed E-state index contributed by atoms with van der Waals surface area (Å²) in [7, 11) is 0. The lowest BCUT2D eigenvalue weighted by molar-refractivity contribution is 0.529. The lowest BCUT2D eigenvalue weighted by atomic mass is 10.2. The van der Waals surface area contributed by atoms with E-state index in [1.54, 1.807) is 0 Å². The van der Waals surface area contributed by atoms with Crippen LogP contribution in [0.5, 0.6) is 0 Å². The molecule has 0 fully saturated rings. The van der Waals surface area contributed by atoms with Gasteiger partial charge in [-0.15, -0.1) is 11.8 Å². The minimum atomic E-state index is 0.444. The summed E-state index contributed by atoms with van der Waals surface area (Å²) in [5, 5.41) is 3.51. The van der Waals surface area contributed by atoms with Gasteiger partial charge in [-0.1, -0.05) is 6.07 Å². The molecular formula is C13H16N2. The molecule has 1 atom stereocenters. The van der Waals surface area contributed by atoms with E-state index in [-0.39, 0.29) is 0 Å². The molecule has 1 N–H and O–H groups in total. The van der Waals surface area contributed by atoms with E-state index < -0.39 is 0 Å². The fourth-order valence-corrected chi connectivity index (χ4v) is 2.05. The molecule has 15 heavy (non-hydrogen) atoms. The SMILES string of the molecule is CC#CCCNC1CCc2cccnc21. The summed E-state index contributed by atoms with van der Waals surface area (Å²) in [5.74, 6) is 5.97. The summed E-state index contributed by atoms with van der Waals surface area (Å²) >= 11 is 0. The van der Waals surface area contributed by atoms with Crippen LogP contribution >= 0.6 is 0 Å². The normalized spacial score (nSPS) is 18.1. The van der Waals surface area contributed by atoms with Crippen molar-refractivity contribution in [3.63, 3.8) is 0 Å². The van der Waals surface area contributed by atoms with Crippen LogP contribution in [-0.4, -0.2) is 11.5 Å². The number of hydrogen-bond donors (Lipinski definition) is 1. The highest BCUT2D eigenvalue weighted by molar-refractivity contribution is 5.27. The van der Waals surface area contributed by atoms with Gasteiger partial charge in [-0.25, -0.2) is 0 Å². The summed E-state index contributed by atoms with van der Waals surface area (Å²) in [4.78, 5) is 4.44. The van der Waals surface area contributed by atoms with Crippen LogP contribution in [0.15, 0.2) is 18.3 Å². The van der Waals surface area contributed by atoms with Gasteiger partial charge >= 0.3 is 0 Å². The minimum Gasteiger partial charge on any atom is -0.308 e. The molecule has 0 saturated heterocycles. The van der Waals surface area contributed by atoms with Crippen LogP contribution in [0.4, 0.5) is 0 Å². The smallest absolute Gasteiger partial charge is 0.0605 e. The van der Waals surface area contributed by atoms with Crippen molar-refractivity contribution in [3.05, 3.63) is 29.6 Å². The molecule has 0 spiro atoms. The number of rotatable bonds is 3. The number of pyridine rings is 1. The Labute approximate surface area is 91.1 Å². The molecule has 0 bridgehead atoms. The van der Waals surface area contributed by atoms with Crippen molar-refractivity contribution >= 4 is 0 Å². The lowest BCUT2D eigenvalue weighted by Crippen LogP contribution is -2.20. The van der Waals surface area contributed by atoms with Crippen LogP contribution in [0.1, 0.15) is 37.1 Å². The molecule has 0 radical (unpaired) electrons. The quantitative estimate of drug-likeness (QED) is 0.597. The molecule has 0 aliphatic heterocycles. The zero-order valence-corrected chi connectivity index (χ0v) is 9.09. The maximum absolute atomic E-state index is 4.44. The van der Waals surface area contributed by atoms with Crippen LogP contribution in [0.25, 0.3) is 0 Å². The van der Waals surface area contributed by atoms with E-state index in [1.165, 1.54) is 17.7 Å². The van der Waals surface area contributed by atoms with Crippen LogP contribution in [0.3, 0.4) is 0 Å². The first-order valence-corrected chi connectivity index (χ1v) is 5.48. The van der Waals surface area contributed by atoms with E-state index in [0.29, 0.717) is 6.04 Å². The monoisotopic (exact) mass is 200 g/mol. The molecule has 2 heteroatoms. The standard InChI is InChI=1S/C13H16N2/c1-2-3-4-9-14-12-8-7-11-6-5-10-15-13(11)12/h5-6,10,12,14H,4,7-9H2,1H3. The molecule has 0 aromatic carbocycles. The molecule has 0 amide bonds. The van der Waals surface area contributed by atoms with Gasteiger partial charge in [0.2, 0.25) is 0 Å². The summed E-state index contributed by atoms with van der Waals surface area (Å²) in [6.45, 7) is 2.84. The minimum absolute atomic E-state index is 0.444. The van der Waals surface area contributed by atoms with E-state index in [4.69, 9.17) is 0 Å². The fourth-order valence-electron chi connectivity index (χ4n) is 2.05. The zero-order chi connectivity index (χ0) is 10.5. The average molecular weight is 200 g/mol. The van der Waals surface area contributed by atoms with E-state index in [2.05, 4.69) is 28.2 Å². The molecule has 1 aromatic heterocycles. The maximum atomic E-state index is 4.44. The van der Waals surface area contributed by atoms with Crippen molar-refractivity contribution in [1.82, 2.24) is 10.3 Å². The van der Waals surface area contributed by atoms with E-state index in [9.17, 15) is 0 Å². The predicted molar refractivity (Wildman–Crippen MR) is 61.4 cm³/mol. The summed E-state index contributed by atoms with van der Waals surface area (Å²) in [6, 6.07) is 4.64. The number of nitrogens with zero attached hydrogens (tertiary/aromatic N) is 1. The number of nitrogens with one attached hydrogen (secondary N) is 1. The molecule has 2 nitrogen and oxygen atoms in total. The summed E-state index contributed by atoms with van der Waals surface area (Å²) in [5.41, 5.74) is 2.64. The van der Waals surface area contributed by atoms with Crippen molar-refractivity contribution in [1.29, 1.82) is 0 Å². The first-order chi connectivity index (χ1) is 7.42. The Balaban J connectivity index is 1.92. The topological polar surface area (TPSA) is 24.9 Å². The van der Waals surface area contributed by atoms with Gasteiger partial charge in [-0.05, 0) is 31.4 Å². The van der Waals surface area contributed by atoms with Crippen LogP contribution in [0, 0.1) is 11.8 Å². The Morgan fingerprint density at radius 2 is 2.53 bits per heavy atom. The predicted octanol–water partition coefficient (Wildman–Crippen LogP) is 2.07. The summed E-state index contributed by atoms with van der Waals surface area (Å²) < 4.78 is 0. The number of hydrogen-bond acceptors (Lipinski definition) is 2. The molecule has 78 valence electrons. The van der Waals surface area contributed by atoms with E-state index in [1.807, 2.05) is 19.2 Å². The highest BCUT2D eigenvalue weighted by Gasteiger charge is 2.22. The Bertz CT molecular complexity index is 387. The van der Waals surface area contributed by atoms with Crippen molar-refractivity contribution < 1.29 is 0 Å². The second kappa shape index (κ2) is 4.95. The van der Waals surface area contributed by atoms with E-state index in [0.717, 1.165) is 19.4 Å². The largest absolute Gasteiger partial charge is 0.308 e. The molecule has 0 saturated carbocycles. The number of aryl methyl sites for hydroxylation is 1. The molecule has 1 unspecified atom stereocenters. The van der Waals surface area contributed by atoms with Crippen LogP contribution in [0.2, 0.25) is 0 Å². The highest BCUT2D eigenvalue weighted by Crippen LogP contribution is 2.28. The van der Waals surface area contributed by atoms with Crippen molar-refractivity contribution in [2.75, 3.05) is 6.54 Å². The van der Waals surface area contributed by atoms with E-state index >= 15 is 0 Å². The van der Waals surface area contributed by atoms with Crippen molar-refractivity contribution in [2.24, 2.45) is 0 Å². The third-order valence-corrected chi connectivity index (χ3v) is 2.78. The van der Waals surface area contributed by atoms with Gasteiger partial charge in [0.15, 0.2) is 0 Å². The number of fused-ring (bicyclic) bond motifs is 1. The third-order valence-electron chi connectivity index (χ3n) is 2.78. The lowest BCUT2D eigenvalue weighted by Gasteiger charge is -2.11. The van der Waals surface area contributed by atoms with Gasteiger partial charge in [0.1, 0.15) is 0 Å².